The van der Waals surface area contributed by atoms with Crippen molar-refractivity contribution in [3.63, 3.8) is 0 Å². The lowest BCUT2D eigenvalue weighted by molar-refractivity contribution is -0.143. The molecule has 1 aliphatic rings. The number of aromatic nitrogens is 1. The number of nitrogens with two attached hydrogens (primary N) is 1. The molecule has 0 fully saturated rings. The van der Waals surface area contributed by atoms with E-state index in [-0.39, 0.29) is 27.8 Å². The maximum Gasteiger partial charge on any atom is 0.433 e. The summed E-state index contributed by atoms with van der Waals surface area (Å²) in [5.74, 6) is -6.34. The molecule has 1 aliphatic heterocycles. The van der Waals surface area contributed by atoms with Gasteiger partial charge in [0.1, 0.15) is 17.6 Å². The number of nitrogens with zero attached hydrogens (tertiary/aromatic N) is 2. The van der Waals surface area contributed by atoms with Gasteiger partial charge in [0.05, 0.1) is 34.8 Å². The van der Waals surface area contributed by atoms with E-state index in [2.05, 4.69) is 15.6 Å². The van der Waals surface area contributed by atoms with E-state index in [1.54, 1.807) is 6.07 Å². The molecule has 0 bridgehead atoms. The number of carbonyl (C=O) groups is 3. The zero-order valence-corrected chi connectivity index (χ0v) is 22.8. The molecular weight excluding hydrogens is 604 g/mol. The normalized spacial score (nSPS) is 16.9. The zero-order chi connectivity index (χ0) is 31.5. The van der Waals surface area contributed by atoms with Crippen LogP contribution in [0.2, 0.25) is 5.02 Å². The third kappa shape index (κ3) is 7.55. The molecule has 0 saturated carbocycles. The van der Waals surface area contributed by atoms with Gasteiger partial charge in [-0.15, -0.1) is 0 Å². The molecule has 4 N–H and O–H groups in total. The Balaban J connectivity index is 1.73. The first kappa shape index (κ1) is 31.6. The monoisotopic (exact) mass is 627 g/mol. The van der Waals surface area contributed by atoms with E-state index < -0.39 is 73.0 Å². The van der Waals surface area contributed by atoms with Crippen LogP contribution in [-0.4, -0.2) is 41.5 Å². The number of carbonyl (C=O) groups excluding carboxylic acids is 3. The summed E-state index contributed by atoms with van der Waals surface area (Å²) in [5, 5.41) is 5.05. The molecule has 228 valence electrons. The Bertz CT molecular complexity index is 1500. The average molecular weight is 628 g/mol. The van der Waals surface area contributed by atoms with Crippen LogP contribution in [0.15, 0.2) is 66.7 Å². The standard InChI is InChI=1S/C28H24ClF6N5O3/c29-17-8-4-9-19-23(17)39-25(42)18(14-40(19)21-11-5-10-20(38-21)28(33,34)35)37-26(43)22(15-6-2-1-3-7-15)16(24(36)41)12-13-27(30,31)32/h1-11,16,18,22H,12-14H2,(H2,36,41)(H,37,43)(H,39,42)/t16-,18+,22+/m1/s1. The Labute approximate surface area is 246 Å². The molecule has 3 aromatic rings. The lowest BCUT2D eigenvalue weighted by Crippen LogP contribution is -2.51. The Morgan fingerprint density at radius 2 is 1.70 bits per heavy atom. The second-order valence-corrected chi connectivity index (χ2v) is 10.1. The maximum absolute atomic E-state index is 13.7. The summed E-state index contributed by atoms with van der Waals surface area (Å²) in [6, 6.07) is 13.5. The topological polar surface area (TPSA) is 117 Å². The van der Waals surface area contributed by atoms with Gasteiger partial charge in [-0.25, -0.2) is 4.98 Å². The van der Waals surface area contributed by atoms with E-state index in [1.807, 2.05) is 0 Å². The van der Waals surface area contributed by atoms with Crippen LogP contribution in [0, 0.1) is 5.92 Å². The van der Waals surface area contributed by atoms with Gasteiger partial charge in [-0.05, 0) is 36.2 Å². The largest absolute Gasteiger partial charge is 0.433 e. The molecule has 3 amide bonds. The second-order valence-electron chi connectivity index (χ2n) is 9.72. The van der Waals surface area contributed by atoms with Crippen molar-refractivity contribution in [2.24, 2.45) is 11.7 Å². The van der Waals surface area contributed by atoms with Gasteiger partial charge >= 0.3 is 12.4 Å². The molecule has 0 spiro atoms. The number of nitrogens with one attached hydrogen (secondary N) is 2. The predicted molar refractivity (Wildman–Crippen MR) is 145 cm³/mol. The first-order valence-corrected chi connectivity index (χ1v) is 13.2. The molecule has 8 nitrogen and oxygen atoms in total. The fourth-order valence-electron chi connectivity index (χ4n) is 4.78. The molecule has 3 atom stereocenters. The number of halogens is 7. The van der Waals surface area contributed by atoms with Crippen LogP contribution < -0.4 is 21.3 Å². The number of para-hydroxylation sites is 1. The minimum Gasteiger partial charge on any atom is -0.369 e. The van der Waals surface area contributed by atoms with E-state index in [0.29, 0.717) is 0 Å². The summed E-state index contributed by atoms with van der Waals surface area (Å²) in [4.78, 5) is 44.3. The van der Waals surface area contributed by atoms with Crippen molar-refractivity contribution in [1.82, 2.24) is 10.3 Å². The van der Waals surface area contributed by atoms with Crippen LogP contribution in [-0.2, 0) is 20.6 Å². The van der Waals surface area contributed by atoms with E-state index in [0.717, 1.165) is 12.1 Å². The number of hydrogen-bond acceptors (Lipinski definition) is 5. The summed E-state index contributed by atoms with van der Waals surface area (Å²) >= 11 is 6.30. The van der Waals surface area contributed by atoms with Crippen LogP contribution in [0.4, 0.5) is 43.5 Å². The summed E-state index contributed by atoms with van der Waals surface area (Å²) in [6.07, 6.45) is -11.6. The van der Waals surface area contributed by atoms with Gasteiger partial charge in [0.15, 0.2) is 0 Å². The molecule has 0 saturated heterocycles. The fraction of sp³-hybridized carbons (Fsp3) is 0.286. The van der Waals surface area contributed by atoms with Crippen molar-refractivity contribution < 1.29 is 40.7 Å². The molecule has 4 rings (SSSR count). The number of fused-ring (bicyclic) bond motifs is 1. The Kier molecular flexibility index (Phi) is 9.18. The van der Waals surface area contributed by atoms with Crippen LogP contribution in [0.25, 0.3) is 0 Å². The first-order chi connectivity index (χ1) is 20.2. The van der Waals surface area contributed by atoms with E-state index in [1.165, 1.54) is 53.4 Å². The molecule has 2 aromatic carbocycles. The molecular formula is C28H24ClF6N5O3. The van der Waals surface area contributed by atoms with Crippen LogP contribution >= 0.6 is 11.6 Å². The predicted octanol–water partition coefficient (Wildman–Crippen LogP) is 5.56. The highest BCUT2D eigenvalue weighted by molar-refractivity contribution is 6.34. The van der Waals surface area contributed by atoms with Gasteiger partial charge in [0.2, 0.25) is 17.7 Å². The number of benzene rings is 2. The lowest BCUT2D eigenvalue weighted by Gasteiger charge is -2.29. The van der Waals surface area contributed by atoms with Crippen molar-refractivity contribution >= 4 is 46.5 Å². The van der Waals surface area contributed by atoms with Crippen molar-refractivity contribution in [2.45, 2.75) is 37.2 Å². The third-order valence-corrected chi connectivity index (χ3v) is 7.09. The molecule has 0 radical (unpaired) electrons. The van der Waals surface area contributed by atoms with Gasteiger partial charge < -0.3 is 21.3 Å². The van der Waals surface area contributed by atoms with Crippen molar-refractivity contribution in [1.29, 1.82) is 0 Å². The van der Waals surface area contributed by atoms with Crippen molar-refractivity contribution in [3.8, 4) is 0 Å². The van der Waals surface area contributed by atoms with Crippen molar-refractivity contribution in [3.05, 3.63) is 83.0 Å². The van der Waals surface area contributed by atoms with Gasteiger partial charge in [-0.1, -0.05) is 54.1 Å². The number of rotatable bonds is 8. The zero-order valence-electron chi connectivity index (χ0n) is 22.0. The fourth-order valence-corrected chi connectivity index (χ4v) is 4.99. The molecule has 15 heteroatoms. The second kappa shape index (κ2) is 12.5. The maximum atomic E-state index is 13.7. The Morgan fingerprint density at radius 1 is 1.02 bits per heavy atom. The molecule has 0 aliphatic carbocycles. The quantitative estimate of drug-likeness (QED) is 0.283. The minimum atomic E-state index is -4.79. The smallest absolute Gasteiger partial charge is 0.369 e. The Morgan fingerprint density at radius 3 is 2.33 bits per heavy atom. The van der Waals surface area contributed by atoms with Crippen LogP contribution in [0.1, 0.15) is 30.0 Å². The molecule has 2 heterocycles. The number of amides is 3. The van der Waals surface area contributed by atoms with E-state index in [9.17, 15) is 40.7 Å². The summed E-state index contributed by atoms with van der Waals surface area (Å²) in [6.45, 7) is -0.454. The van der Waals surface area contributed by atoms with Gasteiger partial charge in [0, 0.05) is 6.42 Å². The average Bonchev–Trinajstić information content (AvgIpc) is 3.07. The van der Waals surface area contributed by atoms with E-state index >= 15 is 0 Å². The lowest BCUT2D eigenvalue weighted by atomic mass is 9.81. The Hall–Kier alpha value is -4.33. The number of pyridine rings is 1. The number of anilines is 3. The molecule has 43 heavy (non-hydrogen) atoms. The van der Waals surface area contributed by atoms with Crippen LogP contribution in [0.5, 0.6) is 0 Å². The van der Waals surface area contributed by atoms with Crippen LogP contribution in [0.3, 0.4) is 0 Å². The summed E-state index contributed by atoms with van der Waals surface area (Å²) < 4.78 is 79.7. The van der Waals surface area contributed by atoms with Gasteiger partial charge in [-0.3, -0.25) is 14.4 Å². The molecule has 1 aromatic heterocycles. The van der Waals surface area contributed by atoms with E-state index in [4.69, 9.17) is 17.3 Å². The number of alkyl halides is 6. The third-order valence-electron chi connectivity index (χ3n) is 6.78. The highest BCUT2D eigenvalue weighted by atomic mass is 35.5. The first-order valence-electron chi connectivity index (χ1n) is 12.8. The molecule has 0 unspecified atom stereocenters. The summed E-state index contributed by atoms with van der Waals surface area (Å²) in [7, 11) is 0. The van der Waals surface area contributed by atoms with Crippen molar-refractivity contribution in [2.75, 3.05) is 16.8 Å². The SMILES string of the molecule is NC(=O)[C@H](CCC(F)(F)F)[C@@H](C(=O)N[C@H]1CN(c2cccc(C(F)(F)F)n2)c2cccc(Cl)c2NC1=O)c1ccccc1. The summed E-state index contributed by atoms with van der Waals surface area (Å²) in [5.41, 5.74) is 4.62. The highest BCUT2D eigenvalue weighted by Gasteiger charge is 2.40. The number of hydrogen-bond donors (Lipinski definition) is 3. The van der Waals surface area contributed by atoms with Gasteiger partial charge in [0.25, 0.3) is 0 Å². The highest BCUT2D eigenvalue weighted by Crippen LogP contribution is 2.40. The minimum absolute atomic E-state index is 0.0323. The number of primary amides is 1. The van der Waals surface area contributed by atoms with Gasteiger partial charge in [-0.2, -0.15) is 26.3 Å².